The normalized spacial score (nSPS) is 17.0. The van der Waals surface area contributed by atoms with E-state index < -0.39 is 24.0 Å². The molecule has 3 heterocycles. The van der Waals surface area contributed by atoms with Crippen molar-refractivity contribution in [2.45, 2.75) is 43.8 Å². The van der Waals surface area contributed by atoms with E-state index >= 15 is 0 Å². The first-order valence-electron chi connectivity index (χ1n) is 17.4. The molecule has 260 valence electrons. The Morgan fingerprint density at radius 3 is 2.14 bits per heavy atom. The van der Waals surface area contributed by atoms with Gasteiger partial charge in [0.2, 0.25) is 5.91 Å². The summed E-state index contributed by atoms with van der Waals surface area (Å²) in [5, 5.41) is 2.20. The highest BCUT2D eigenvalue weighted by Gasteiger charge is 2.48. The van der Waals surface area contributed by atoms with Gasteiger partial charge in [-0.1, -0.05) is 79.2 Å². The molecular weight excluding hydrogens is 641 g/mol. The minimum atomic E-state index is -4.53. The van der Waals surface area contributed by atoms with Gasteiger partial charge in [0, 0.05) is 61.6 Å². The van der Waals surface area contributed by atoms with Crippen LogP contribution in [0.3, 0.4) is 0 Å². The molecule has 0 saturated carbocycles. The van der Waals surface area contributed by atoms with E-state index in [1.54, 1.807) is 48.5 Å². The number of anilines is 1. The van der Waals surface area contributed by atoms with Gasteiger partial charge in [0.15, 0.2) is 0 Å². The first kappa shape index (κ1) is 33.7. The number of para-hydroxylation sites is 2. The molecule has 4 aromatic rings. The van der Waals surface area contributed by atoms with Crippen molar-refractivity contribution in [2.24, 2.45) is 0 Å². The zero-order valence-corrected chi connectivity index (χ0v) is 27.9. The van der Waals surface area contributed by atoms with Crippen LogP contribution in [0, 0.1) is 0 Å². The number of hydrogen-bond donors (Lipinski definition) is 1. The van der Waals surface area contributed by atoms with Gasteiger partial charge in [-0.15, -0.1) is 0 Å². The fraction of sp³-hybridized carbons (Fsp3) is 0.350. The van der Waals surface area contributed by atoms with Crippen LogP contribution in [0.1, 0.15) is 51.9 Å². The Morgan fingerprint density at radius 1 is 0.800 bits per heavy atom. The van der Waals surface area contributed by atoms with Gasteiger partial charge in [0.25, 0.3) is 5.91 Å². The van der Waals surface area contributed by atoms with E-state index in [9.17, 15) is 22.8 Å². The number of carbonyl (C=O) groups is 2. The summed E-state index contributed by atoms with van der Waals surface area (Å²) < 4.78 is 45.9. The predicted molar refractivity (Wildman–Crippen MR) is 187 cm³/mol. The second kappa shape index (κ2) is 14.2. The fourth-order valence-electron chi connectivity index (χ4n) is 7.65. The summed E-state index contributed by atoms with van der Waals surface area (Å²) in [6, 6.07) is 30.6. The third-order valence-corrected chi connectivity index (χ3v) is 10.2. The van der Waals surface area contributed by atoms with Crippen LogP contribution in [0.4, 0.5) is 18.9 Å². The third-order valence-electron chi connectivity index (χ3n) is 10.2. The summed E-state index contributed by atoms with van der Waals surface area (Å²) >= 11 is 0. The molecule has 3 aliphatic heterocycles. The van der Waals surface area contributed by atoms with Gasteiger partial charge in [0.1, 0.15) is 23.5 Å². The lowest BCUT2D eigenvalue weighted by atomic mass is 9.68. The Morgan fingerprint density at radius 2 is 1.46 bits per heavy atom. The molecule has 50 heavy (non-hydrogen) atoms. The van der Waals surface area contributed by atoms with Crippen molar-refractivity contribution < 1.29 is 27.5 Å². The summed E-state index contributed by atoms with van der Waals surface area (Å²) in [4.78, 5) is 34.0. The van der Waals surface area contributed by atoms with Crippen LogP contribution in [0.5, 0.6) is 11.5 Å². The molecule has 7 nitrogen and oxygen atoms in total. The van der Waals surface area contributed by atoms with E-state index in [0.717, 1.165) is 67.9 Å². The van der Waals surface area contributed by atoms with Gasteiger partial charge in [-0.2, -0.15) is 13.2 Å². The van der Waals surface area contributed by atoms with E-state index in [2.05, 4.69) is 45.4 Å². The average molecular weight is 683 g/mol. The standard InChI is InChI=1S/C40H41F3N4O3/c41-40(42,43)28-44-38(49)39(33-12-4-6-14-35(33)50-36-15-7-5-13-34(36)39)19-8-9-20-45-22-24-46(25-23-45)31-17-16-30-18-21-47(37(48)32(30)26-31)27-29-10-2-1-3-11-29/h1-7,10-17,26H,8-9,18-25,27-28H2,(H,44,49). The highest BCUT2D eigenvalue weighted by atomic mass is 19.4. The van der Waals surface area contributed by atoms with E-state index in [1.165, 1.54) is 0 Å². The first-order chi connectivity index (χ1) is 24.2. The maximum Gasteiger partial charge on any atom is 0.405 e. The largest absolute Gasteiger partial charge is 0.457 e. The van der Waals surface area contributed by atoms with Crippen LogP contribution in [-0.2, 0) is 23.2 Å². The Hall–Kier alpha value is -4.83. The Bertz CT molecular complexity index is 1790. The molecule has 0 atom stereocenters. The number of rotatable bonds is 10. The molecule has 0 aromatic heterocycles. The van der Waals surface area contributed by atoms with Gasteiger partial charge in [-0.25, -0.2) is 0 Å². The number of ether oxygens (including phenoxy) is 1. The molecule has 2 amide bonds. The van der Waals surface area contributed by atoms with E-state index in [0.29, 0.717) is 48.6 Å². The van der Waals surface area contributed by atoms with Crippen LogP contribution < -0.4 is 15.0 Å². The van der Waals surface area contributed by atoms with Gasteiger partial charge >= 0.3 is 6.18 Å². The number of unbranched alkanes of at least 4 members (excludes halogenated alkanes) is 1. The van der Waals surface area contributed by atoms with Gasteiger partial charge < -0.3 is 19.9 Å². The molecule has 3 aliphatic rings. The molecule has 1 fully saturated rings. The number of benzene rings is 4. The van der Waals surface area contributed by atoms with Crippen LogP contribution in [-0.4, -0.2) is 73.6 Å². The number of hydrogen-bond acceptors (Lipinski definition) is 5. The van der Waals surface area contributed by atoms with Gasteiger partial charge in [-0.3, -0.25) is 14.5 Å². The second-order valence-electron chi connectivity index (χ2n) is 13.4. The van der Waals surface area contributed by atoms with Crippen LogP contribution in [0.2, 0.25) is 0 Å². The van der Waals surface area contributed by atoms with Crippen molar-refractivity contribution in [3.05, 3.63) is 125 Å². The number of halogens is 3. The van der Waals surface area contributed by atoms with Gasteiger partial charge in [-0.05, 0) is 61.2 Å². The van der Waals surface area contributed by atoms with Crippen molar-refractivity contribution in [3.8, 4) is 11.5 Å². The molecule has 1 N–H and O–H groups in total. The van der Waals surface area contributed by atoms with E-state index in [1.807, 2.05) is 23.1 Å². The lowest BCUT2D eigenvalue weighted by Gasteiger charge is -2.39. The van der Waals surface area contributed by atoms with Crippen molar-refractivity contribution in [1.29, 1.82) is 0 Å². The maximum absolute atomic E-state index is 13.9. The molecule has 0 radical (unpaired) electrons. The van der Waals surface area contributed by atoms with Crippen LogP contribution in [0.15, 0.2) is 97.1 Å². The zero-order valence-electron chi connectivity index (χ0n) is 27.9. The molecular formula is C40H41F3N4O3. The monoisotopic (exact) mass is 682 g/mol. The number of fused-ring (bicyclic) bond motifs is 3. The van der Waals surface area contributed by atoms with E-state index in [-0.39, 0.29) is 5.91 Å². The van der Waals surface area contributed by atoms with Crippen molar-refractivity contribution in [2.75, 3.05) is 50.7 Å². The van der Waals surface area contributed by atoms with Crippen molar-refractivity contribution in [1.82, 2.24) is 15.1 Å². The SMILES string of the molecule is O=C1c2cc(N3CCN(CCCCC4(C(=O)NCC(F)(F)F)c5ccccc5Oc5ccccc54)CC3)ccc2CCN1Cc1ccccc1. The average Bonchev–Trinajstić information content (AvgIpc) is 3.13. The van der Waals surface area contributed by atoms with Crippen molar-refractivity contribution >= 4 is 17.5 Å². The number of piperazine rings is 1. The summed E-state index contributed by atoms with van der Waals surface area (Å²) in [5.74, 6) is 0.378. The highest BCUT2D eigenvalue weighted by molar-refractivity contribution is 5.98. The Balaban J connectivity index is 0.983. The smallest absolute Gasteiger partial charge is 0.405 e. The molecule has 4 aromatic carbocycles. The third kappa shape index (κ3) is 6.94. The number of amides is 2. The minimum absolute atomic E-state index is 0.0789. The molecule has 10 heteroatoms. The minimum Gasteiger partial charge on any atom is -0.457 e. The lowest BCUT2D eigenvalue weighted by molar-refractivity contribution is -0.141. The predicted octanol–water partition coefficient (Wildman–Crippen LogP) is 6.95. The molecule has 0 unspecified atom stereocenters. The van der Waals surface area contributed by atoms with E-state index in [4.69, 9.17) is 4.74 Å². The maximum atomic E-state index is 13.9. The second-order valence-corrected chi connectivity index (χ2v) is 13.4. The molecule has 0 bridgehead atoms. The van der Waals surface area contributed by atoms with Crippen LogP contribution in [0.25, 0.3) is 0 Å². The fourth-order valence-corrected chi connectivity index (χ4v) is 7.65. The molecule has 0 aliphatic carbocycles. The number of nitrogens with zero attached hydrogens (tertiary/aromatic N) is 3. The lowest BCUT2D eigenvalue weighted by Crippen LogP contribution is -2.49. The summed E-state index contributed by atoms with van der Waals surface area (Å²) in [6.07, 6.45) is -1.92. The van der Waals surface area contributed by atoms with Crippen molar-refractivity contribution in [3.63, 3.8) is 0 Å². The highest BCUT2D eigenvalue weighted by Crippen LogP contribution is 2.50. The number of carbonyl (C=O) groups excluding carboxylic acids is 2. The van der Waals surface area contributed by atoms with Gasteiger partial charge in [0.05, 0.1) is 0 Å². The summed E-state index contributed by atoms with van der Waals surface area (Å²) in [6.45, 7) is 4.08. The molecule has 1 saturated heterocycles. The molecule has 7 rings (SSSR count). The number of nitrogens with one attached hydrogen (secondary N) is 1. The van der Waals surface area contributed by atoms with Crippen LogP contribution >= 0.6 is 0 Å². The molecule has 0 spiro atoms. The first-order valence-corrected chi connectivity index (χ1v) is 17.4. The topological polar surface area (TPSA) is 65.1 Å². The summed E-state index contributed by atoms with van der Waals surface area (Å²) in [5.41, 5.74) is 3.92. The summed E-state index contributed by atoms with van der Waals surface area (Å²) in [7, 11) is 0. The number of alkyl halides is 3. The Labute approximate surface area is 290 Å². The zero-order chi connectivity index (χ0) is 34.7. The Kier molecular flexibility index (Phi) is 9.55. The quantitative estimate of drug-likeness (QED) is 0.184.